The number of esters is 1. The van der Waals surface area contributed by atoms with Gasteiger partial charge in [-0.15, -0.1) is 0 Å². The van der Waals surface area contributed by atoms with Crippen molar-refractivity contribution in [3.05, 3.63) is 86.1 Å². The van der Waals surface area contributed by atoms with E-state index in [0.29, 0.717) is 28.9 Å². The van der Waals surface area contributed by atoms with Gasteiger partial charge in [0.2, 0.25) is 0 Å². The van der Waals surface area contributed by atoms with E-state index in [0.717, 1.165) is 33.5 Å². The minimum Gasteiger partial charge on any atom is -0.427 e. The van der Waals surface area contributed by atoms with E-state index in [1.807, 2.05) is 51.1 Å². The molecular weight excluding hydrogens is 496 g/mol. The van der Waals surface area contributed by atoms with Gasteiger partial charge in [0.05, 0.1) is 17.1 Å². The fourth-order valence-electron chi connectivity index (χ4n) is 3.96. The number of hydrogen-bond acceptors (Lipinski definition) is 5. The fourth-order valence-corrected chi connectivity index (χ4v) is 4.33. The predicted octanol–water partition coefficient (Wildman–Crippen LogP) is 5.33. The van der Waals surface area contributed by atoms with E-state index in [4.69, 9.17) is 4.74 Å². The zero-order chi connectivity index (χ0) is 24.4. The monoisotopic (exact) mass is 520 g/mol. The summed E-state index contributed by atoms with van der Waals surface area (Å²) in [5.74, 6) is 0.778. The SMILES string of the molecule is CCCc1nc2ccc(Br)cc2c(=O)n1N=Cc1cc(C)n(-c2ccc(OC(C)=O)cc2)c1C. The molecule has 4 aromatic rings. The molecule has 0 unspecified atom stereocenters. The van der Waals surface area contributed by atoms with Crippen LogP contribution in [-0.4, -0.2) is 26.4 Å². The summed E-state index contributed by atoms with van der Waals surface area (Å²) < 4.78 is 9.44. The van der Waals surface area contributed by atoms with Crippen LogP contribution < -0.4 is 10.3 Å². The van der Waals surface area contributed by atoms with Crippen LogP contribution in [0.25, 0.3) is 16.6 Å². The van der Waals surface area contributed by atoms with Gasteiger partial charge in [0, 0.05) is 40.5 Å². The third-order valence-electron chi connectivity index (χ3n) is 5.49. The molecule has 0 atom stereocenters. The van der Waals surface area contributed by atoms with Crippen LogP contribution in [0.4, 0.5) is 0 Å². The molecule has 7 nitrogen and oxygen atoms in total. The molecule has 0 aliphatic heterocycles. The second kappa shape index (κ2) is 9.77. The molecule has 0 fully saturated rings. The zero-order valence-electron chi connectivity index (χ0n) is 19.5. The van der Waals surface area contributed by atoms with E-state index in [-0.39, 0.29) is 11.5 Å². The van der Waals surface area contributed by atoms with Crippen LogP contribution in [0.15, 0.2) is 62.9 Å². The number of rotatable bonds is 6. The highest BCUT2D eigenvalue weighted by molar-refractivity contribution is 9.10. The zero-order valence-corrected chi connectivity index (χ0v) is 21.1. The van der Waals surface area contributed by atoms with E-state index in [2.05, 4.69) is 30.6 Å². The second-order valence-corrected chi connectivity index (χ2v) is 8.97. The first kappa shape index (κ1) is 23.6. The molecule has 174 valence electrons. The van der Waals surface area contributed by atoms with Crippen LogP contribution in [0.2, 0.25) is 0 Å². The first-order chi connectivity index (χ1) is 16.3. The Balaban J connectivity index is 1.74. The first-order valence-electron chi connectivity index (χ1n) is 11.0. The maximum absolute atomic E-state index is 13.2. The third-order valence-corrected chi connectivity index (χ3v) is 5.98. The van der Waals surface area contributed by atoms with Crippen molar-refractivity contribution >= 4 is 39.0 Å². The molecule has 0 saturated heterocycles. The number of ether oxygens (including phenoxy) is 1. The van der Waals surface area contributed by atoms with Crippen LogP contribution >= 0.6 is 15.9 Å². The molecule has 8 heteroatoms. The number of aromatic nitrogens is 3. The van der Waals surface area contributed by atoms with Gasteiger partial charge in [0.15, 0.2) is 0 Å². The quantitative estimate of drug-likeness (QED) is 0.195. The number of aryl methyl sites for hydroxylation is 2. The lowest BCUT2D eigenvalue weighted by atomic mass is 10.2. The van der Waals surface area contributed by atoms with Crippen LogP contribution in [0, 0.1) is 13.8 Å². The van der Waals surface area contributed by atoms with Crippen molar-refractivity contribution in [2.24, 2.45) is 5.10 Å². The van der Waals surface area contributed by atoms with Gasteiger partial charge in [-0.25, -0.2) is 4.98 Å². The number of fused-ring (bicyclic) bond motifs is 1. The van der Waals surface area contributed by atoms with E-state index < -0.39 is 0 Å². The molecule has 34 heavy (non-hydrogen) atoms. The molecule has 0 bridgehead atoms. The Bertz CT molecular complexity index is 1470. The molecule has 2 aromatic heterocycles. The van der Waals surface area contributed by atoms with Gasteiger partial charge < -0.3 is 9.30 Å². The standard InChI is InChI=1S/C26H25BrN4O3/c1-5-6-25-29-24-12-7-20(27)14-23(24)26(33)31(25)28-15-19-13-16(2)30(17(19)3)21-8-10-22(11-9-21)34-18(4)32/h7-15H,5-6H2,1-4H3. The lowest BCUT2D eigenvalue weighted by molar-refractivity contribution is -0.131. The number of halogens is 1. The number of nitrogens with zero attached hydrogens (tertiary/aromatic N) is 4. The summed E-state index contributed by atoms with van der Waals surface area (Å²) in [6, 6.07) is 14.8. The molecule has 4 rings (SSSR count). The average Bonchev–Trinajstić information content (AvgIpc) is 3.07. The van der Waals surface area contributed by atoms with E-state index >= 15 is 0 Å². The Morgan fingerprint density at radius 3 is 2.56 bits per heavy atom. The second-order valence-electron chi connectivity index (χ2n) is 8.05. The first-order valence-corrected chi connectivity index (χ1v) is 11.8. The largest absolute Gasteiger partial charge is 0.427 e. The van der Waals surface area contributed by atoms with Gasteiger partial charge in [-0.1, -0.05) is 22.9 Å². The minimum absolute atomic E-state index is 0.194. The summed E-state index contributed by atoms with van der Waals surface area (Å²) in [5.41, 5.74) is 4.29. The van der Waals surface area contributed by atoms with E-state index in [1.54, 1.807) is 24.4 Å². The smallest absolute Gasteiger partial charge is 0.308 e. The number of hydrogen-bond donors (Lipinski definition) is 0. The van der Waals surface area contributed by atoms with Gasteiger partial charge >= 0.3 is 5.97 Å². The summed E-state index contributed by atoms with van der Waals surface area (Å²) in [6.07, 6.45) is 3.20. The predicted molar refractivity (Wildman–Crippen MR) is 137 cm³/mol. The summed E-state index contributed by atoms with van der Waals surface area (Å²) in [5, 5.41) is 5.08. The Labute approximate surface area is 205 Å². The van der Waals surface area contributed by atoms with Crippen LogP contribution in [0.5, 0.6) is 5.75 Å². The van der Waals surface area contributed by atoms with Gasteiger partial charge in [-0.05, 0) is 68.8 Å². The fraction of sp³-hybridized carbons (Fsp3) is 0.231. The van der Waals surface area contributed by atoms with Crippen LogP contribution in [-0.2, 0) is 11.2 Å². The summed E-state index contributed by atoms with van der Waals surface area (Å²) in [6.45, 7) is 7.43. The van der Waals surface area contributed by atoms with E-state index in [9.17, 15) is 9.59 Å². The molecular formula is C26H25BrN4O3. The average molecular weight is 521 g/mol. The summed E-state index contributed by atoms with van der Waals surface area (Å²) >= 11 is 3.43. The normalized spacial score (nSPS) is 11.4. The van der Waals surface area contributed by atoms with Crippen molar-refractivity contribution in [3.8, 4) is 11.4 Å². The Morgan fingerprint density at radius 1 is 1.15 bits per heavy atom. The number of carbonyl (C=O) groups is 1. The van der Waals surface area contributed by atoms with Crippen molar-refractivity contribution in [1.82, 2.24) is 14.2 Å². The van der Waals surface area contributed by atoms with Crippen molar-refractivity contribution in [2.45, 2.75) is 40.5 Å². The lowest BCUT2D eigenvalue weighted by Crippen LogP contribution is -2.22. The highest BCUT2D eigenvalue weighted by atomic mass is 79.9. The minimum atomic E-state index is -0.354. The van der Waals surface area contributed by atoms with Crippen molar-refractivity contribution in [2.75, 3.05) is 0 Å². The molecule has 0 spiro atoms. The molecule has 0 aliphatic carbocycles. The molecule has 2 heterocycles. The molecule has 2 aromatic carbocycles. The summed E-state index contributed by atoms with van der Waals surface area (Å²) in [4.78, 5) is 29.1. The summed E-state index contributed by atoms with van der Waals surface area (Å²) in [7, 11) is 0. The Hall–Kier alpha value is -3.52. The van der Waals surface area contributed by atoms with Crippen molar-refractivity contribution in [3.63, 3.8) is 0 Å². The van der Waals surface area contributed by atoms with Gasteiger partial charge in [-0.2, -0.15) is 9.78 Å². The third kappa shape index (κ3) is 4.72. The number of benzene rings is 2. The molecule has 0 N–H and O–H groups in total. The van der Waals surface area contributed by atoms with Crippen LogP contribution in [0.1, 0.15) is 43.0 Å². The molecule has 0 saturated carbocycles. The highest BCUT2D eigenvalue weighted by Crippen LogP contribution is 2.22. The molecule has 0 aliphatic rings. The molecule has 0 amide bonds. The topological polar surface area (TPSA) is 78.5 Å². The van der Waals surface area contributed by atoms with Gasteiger partial charge in [0.25, 0.3) is 5.56 Å². The Kier molecular flexibility index (Phi) is 6.79. The highest BCUT2D eigenvalue weighted by Gasteiger charge is 2.13. The van der Waals surface area contributed by atoms with Crippen LogP contribution in [0.3, 0.4) is 0 Å². The van der Waals surface area contributed by atoms with E-state index in [1.165, 1.54) is 11.6 Å². The number of carbonyl (C=O) groups excluding carboxylic acids is 1. The maximum atomic E-state index is 13.2. The Morgan fingerprint density at radius 2 is 1.88 bits per heavy atom. The van der Waals surface area contributed by atoms with Gasteiger partial charge in [0.1, 0.15) is 11.6 Å². The molecule has 0 radical (unpaired) electrons. The van der Waals surface area contributed by atoms with Crippen molar-refractivity contribution < 1.29 is 9.53 Å². The maximum Gasteiger partial charge on any atom is 0.308 e. The van der Waals surface area contributed by atoms with Crippen molar-refractivity contribution in [1.29, 1.82) is 0 Å². The van der Waals surface area contributed by atoms with Gasteiger partial charge in [-0.3, -0.25) is 9.59 Å². The lowest BCUT2D eigenvalue weighted by Gasteiger charge is -2.11.